The Labute approximate surface area is 131 Å². The van der Waals surface area contributed by atoms with Gasteiger partial charge in [-0.1, -0.05) is 19.8 Å². The number of carbonyl (C=O) groups is 3. The van der Waals surface area contributed by atoms with E-state index in [4.69, 9.17) is 5.11 Å². The first kappa shape index (κ1) is 18.3. The minimum atomic E-state index is -0.934. The van der Waals surface area contributed by atoms with Crippen molar-refractivity contribution >= 4 is 17.9 Å². The largest absolute Gasteiger partial charge is 0.481 e. The number of amides is 3. The van der Waals surface area contributed by atoms with Gasteiger partial charge in [0.1, 0.15) is 0 Å². The van der Waals surface area contributed by atoms with Gasteiger partial charge in [-0.15, -0.1) is 0 Å². The summed E-state index contributed by atoms with van der Waals surface area (Å²) in [6.07, 6.45) is 4.73. The molecule has 1 aliphatic heterocycles. The van der Waals surface area contributed by atoms with Gasteiger partial charge >= 0.3 is 12.0 Å². The summed E-state index contributed by atoms with van der Waals surface area (Å²) in [6.45, 7) is 3.59. The molecule has 0 saturated carbocycles. The monoisotopic (exact) mass is 313 g/mol. The quantitative estimate of drug-likeness (QED) is 0.769. The molecule has 0 bridgehead atoms. The third-order valence-corrected chi connectivity index (χ3v) is 3.89. The summed E-state index contributed by atoms with van der Waals surface area (Å²) >= 11 is 0. The number of nitrogens with zero attached hydrogens (tertiary/aromatic N) is 2. The summed E-state index contributed by atoms with van der Waals surface area (Å²) in [5, 5.41) is 11.5. The number of carbonyl (C=O) groups excluding carboxylic acids is 2. The molecule has 0 aromatic heterocycles. The number of aliphatic carboxylic acids is 1. The molecule has 1 atom stereocenters. The molecule has 0 spiro atoms. The van der Waals surface area contributed by atoms with Crippen LogP contribution in [0.2, 0.25) is 0 Å². The van der Waals surface area contributed by atoms with Crippen LogP contribution in [-0.2, 0) is 9.59 Å². The lowest BCUT2D eigenvalue weighted by molar-refractivity contribution is -0.141. The molecule has 126 valence electrons. The maximum absolute atomic E-state index is 12.1. The topological polar surface area (TPSA) is 90.0 Å². The molecule has 1 rings (SSSR count). The molecule has 3 amide bonds. The first-order valence-corrected chi connectivity index (χ1v) is 7.91. The Morgan fingerprint density at radius 3 is 2.32 bits per heavy atom. The zero-order chi connectivity index (χ0) is 16.5. The van der Waals surface area contributed by atoms with E-state index < -0.39 is 11.9 Å². The Bertz CT molecular complexity index is 392. The van der Waals surface area contributed by atoms with Crippen LogP contribution in [0, 0.1) is 5.92 Å². The van der Waals surface area contributed by atoms with Crippen LogP contribution in [-0.4, -0.2) is 66.0 Å². The molecule has 7 nitrogen and oxygen atoms in total. The summed E-state index contributed by atoms with van der Waals surface area (Å²) in [6, 6.07) is -0.350. The SMILES string of the molecule is CC(CN(C)C(=O)NCCC(=O)N1CCCCCC1)C(=O)O. The molecule has 2 N–H and O–H groups in total. The van der Waals surface area contributed by atoms with E-state index in [1.807, 2.05) is 4.90 Å². The summed E-state index contributed by atoms with van der Waals surface area (Å²) in [5.74, 6) is -1.48. The van der Waals surface area contributed by atoms with E-state index in [1.165, 1.54) is 17.7 Å². The zero-order valence-electron chi connectivity index (χ0n) is 13.5. The fraction of sp³-hybridized carbons (Fsp3) is 0.800. The number of nitrogens with one attached hydrogen (secondary N) is 1. The van der Waals surface area contributed by atoms with Crippen LogP contribution in [0.25, 0.3) is 0 Å². The molecule has 22 heavy (non-hydrogen) atoms. The molecule has 1 heterocycles. The van der Waals surface area contributed by atoms with Gasteiger partial charge < -0.3 is 20.2 Å². The standard InChI is InChI=1S/C15H27N3O4/c1-12(14(20)21)11-17(2)15(22)16-8-7-13(19)18-9-5-3-4-6-10-18/h12H,3-11H2,1-2H3,(H,16,22)(H,20,21). The first-order valence-electron chi connectivity index (χ1n) is 7.91. The Morgan fingerprint density at radius 2 is 1.77 bits per heavy atom. The lowest BCUT2D eigenvalue weighted by Crippen LogP contribution is -2.42. The van der Waals surface area contributed by atoms with E-state index in [0.29, 0.717) is 0 Å². The van der Waals surface area contributed by atoms with Crippen molar-refractivity contribution < 1.29 is 19.5 Å². The highest BCUT2D eigenvalue weighted by Crippen LogP contribution is 2.10. The summed E-state index contributed by atoms with van der Waals surface area (Å²) in [7, 11) is 1.55. The number of hydrogen-bond acceptors (Lipinski definition) is 3. The second-order valence-corrected chi connectivity index (χ2v) is 5.90. The second-order valence-electron chi connectivity index (χ2n) is 5.90. The Kier molecular flexibility index (Phi) is 7.70. The van der Waals surface area contributed by atoms with Crippen molar-refractivity contribution in [3.63, 3.8) is 0 Å². The molecular weight excluding hydrogens is 286 g/mol. The van der Waals surface area contributed by atoms with Gasteiger partial charge in [0.25, 0.3) is 0 Å². The average molecular weight is 313 g/mol. The molecule has 7 heteroatoms. The van der Waals surface area contributed by atoms with Crippen LogP contribution in [0.4, 0.5) is 4.79 Å². The highest BCUT2D eigenvalue weighted by molar-refractivity contribution is 5.78. The maximum Gasteiger partial charge on any atom is 0.317 e. The van der Waals surface area contributed by atoms with Gasteiger partial charge in [-0.25, -0.2) is 4.79 Å². The molecular formula is C15H27N3O4. The number of urea groups is 1. The van der Waals surface area contributed by atoms with E-state index in [2.05, 4.69) is 5.32 Å². The Morgan fingerprint density at radius 1 is 1.18 bits per heavy atom. The minimum Gasteiger partial charge on any atom is -0.481 e. The van der Waals surface area contributed by atoms with E-state index in [9.17, 15) is 14.4 Å². The fourth-order valence-electron chi connectivity index (χ4n) is 2.46. The Hall–Kier alpha value is -1.79. The lowest BCUT2D eigenvalue weighted by Gasteiger charge is -2.22. The summed E-state index contributed by atoms with van der Waals surface area (Å²) in [5.41, 5.74) is 0. The molecule has 0 aromatic rings. The highest BCUT2D eigenvalue weighted by Gasteiger charge is 2.18. The van der Waals surface area contributed by atoms with Crippen LogP contribution >= 0.6 is 0 Å². The minimum absolute atomic E-state index is 0.0729. The number of hydrogen-bond donors (Lipinski definition) is 2. The van der Waals surface area contributed by atoms with Crippen LogP contribution in [0.15, 0.2) is 0 Å². The molecule has 0 aromatic carbocycles. The van der Waals surface area contributed by atoms with Gasteiger partial charge in [0, 0.05) is 39.6 Å². The average Bonchev–Trinajstić information content (AvgIpc) is 2.75. The highest BCUT2D eigenvalue weighted by atomic mass is 16.4. The van der Waals surface area contributed by atoms with Gasteiger partial charge in [-0.05, 0) is 12.8 Å². The number of carboxylic acids is 1. The second kappa shape index (κ2) is 9.27. The third-order valence-electron chi connectivity index (χ3n) is 3.89. The van der Waals surface area contributed by atoms with Gasteiger partial charge in [0.15, 0.2) is 0 Å². The van der Waals surface area contributed by atoms with Crippen molar-refractivity contribution in [2.24, 2.45) is 5.92 Å². The maximum atomic E-state index is 12.1. The van der Waals surface area contributed by atoms with E-state index in [0.717, 1.165) is 25.9 Å². The van der Waals surface area contributed by atoms with Crippen molar-refractivity contribution in [1.82, 2.24) is 15.1 Å². The number of carboxylic acid groups (broad SMARTS) is 1. The van der Waals surface area contributed by atoms with Crippen LogP contribution in [0.5, 0.6) is 0 Å². The Balaban J connectivity index is 2.25. The van der Waals surface area contributed by atoms with Gasteiger partial charge in [0.2, 0.25) is 5.91 Å². The van der Waals surface area contributed by atoms with Crippen molar-refractivity contribution in [1.29, 1.82) is 0 Å². The molecule has 1 aliphatic rings. The molecule has 0 aliphatic carbocycles. The van der Waals surface area contributed by atoms with Crippen molar-refractivity contribution in [3.05, 3.63) is 0 Å². The smallest absolute Gasteiger partial charge is 0.317 e. The number of likely N-dealkylation sites (tertiary alicyclic amines) is 1. The molecule has 1 saturated heterocycles. The van der Waals surface area contributed by atoms with E-state index in [-0.39, 0.29) is 31.4 Å². The third kappa shape index (κ3) is 6.32. The van der Waals surface area contributed by atoms with Crippen molar-refractivity contribution in [3.8, 4) is 0 Å². The lowest BCUT2D eigenvalue weighted by atomic mass is 10.2. The van der Waals surface area contributed by atoms with Gasteiger partial charge in [-0.3, -0.25) is 9.59 Å². The fourth-order valence-corrected chi connectivity index (χ4v) is 2.46. The molecule has 1 fully saturated rings. The predicted octanol–water partition coefficient (Wildman–Crippen LogP) is 1.14. The van der Waals surface area contributed by atoms with Gasteiger partial charge in [0.05, 0.1) is 5.92 Å². The van der Waals surface area contributed by atoms with Crippen LogP contribution in [0.3, 0.4) is 0 Å². The number of rotatable bonds is 6. The summed E-state index contributed by atoms with van der Waals surface area (Å²) < 4.78 is 0. The first-order chi connectivity index (χ1) is 10.4. The van der Waals surface area contributed by atoms with E-state index in [1.54, 1.807) is 14.0 Å². The van der Waals surface area contributed by atoms with Crippen LogP contribution < -0.4 is 5.32 Å². The predicted molar refractivity (Wildman–Crippen MR) is 82.5 cm³/mol. The zero-order valence-corrected chi connectivity index (χ0v) is 13.5. The van der Waals surface area contributed by atoms with Crippen molar-refractivity contribution in [2.45, 2.75) is 39.0 Å². The van der Waals surface area contributed by atoms with E-state index >= 15 is 0 Å². The normalized spacial score (nSPS) is 16.5. The molecule has 0 radical (unpaired) electrons. The molecule has 1 unspecified atom stereocenters. The van der Waals surface area contributed by atoms with Crippen LogP contribution in [0.1, 0.15) is 39.0 Å². The van der Waals surface area contributed by atoms with Gasteiger partial charge in [-0.2, -0.15) is 0 Å². The summed E-state index contributed by atoms with van der Waals surface area (Å²) in [4.78, 5) is 37.8. The van der Waals surface area contributed by atoms with Crippen molar-refractivity contribution in [2.75, 3.05) is 33.2 Å².